The first-order valence-corrected chi connectivity index (χ1v) is 6.92. The number of carbonyl (C=O) groups is 1. The Labute approximate surface area is 103 Å². The van der Waals surface area contributed by atoms with Crippen molar-refractivity contribution < 1.29 is 19.1 Å². The van der Waals surface area contributed by atoms with E-state index in [4.69, 9.17) is 15.5 Å². The lowest BCUT2D eigenvalue weighted by molar-refractivity contribution is 0.0996. The summed E-state index contributed by atoms with van der Waals surface area (Å²) < 4.78 is 12.4. The molecular weight excluding hydrogens is 259 g/mol. The SMILES string of the molecule is NC(=O)c1cn2c(n1)NCCC2C=CP(=O)(O)O. The number of rotatable bonds is 3. The highest BCUT2D eigenvalue weighted by Gasteiger charge is 2.21. The fourth-order valence-electron chi connectivity index (χ4n) is 1.77. The van der Waals surface area contributed by atoms with Crippen LogP contribution < -0.4 is 11.1 Å². The number of amides is 1. The Morgan fingerprint density at radius 3 is 3.00 bits per heavy atom. The van der Waals surface area contributed by atoms with Crippen LogP contribution in [0.5, 0.6) is 0 Å². The number of carbonyl (C=O) groups excluding carboxylic acids is 1. The van der Waals surface area contributed by atoms with Gasteiger partial charge in [-0.15, -0.1) is 0 Å². The second-order valence-electron chi connectivity index (χ2n) is 3.93. The number of anilines is 1. The highest BCUT2D eigenvalue weighted by molar-refractivity contribution is 7.55. The topological polar surface area (TPSA) is 130 Å². The van der Waals surface area contributed by atoms with Crippen molar-refractivity contribution >= 4 is 19.5 Å². The van der Waals surface area contributed by atoms with E-state index < -0.39 is 13.5 Å². The number of primary amides is 1. The van der Waals surface area contributed by atoms with Gasteiger partial charge in [0.2, 0.25) is 5.95 Å². The van der Waals surface area contributed by atoms with Gasteiger partial charge < -0.3 is 25.4 Å². The zero-order valence-corrected chi connectivity index (χ0v) is 10.2. The maximum atomic E-state index is 11.0. The van der Waals surface area contributed by atoms with Gasteiger partial charge in [-0.1, -0.05) is 6.08 Å². The van der Waals surface area contributed by atoms with Gasteiger partial charge >= 0.3 is 7.60 Å². The molecule has 0 radical (unpaired) electrons. The fraction of sp³-hybridized carbons (Fsp3) is 0.333. The molecule has 1 aromatic rings. The summed E-state index contributed by atoms with van der Waals surface area (Å²) in [6.07, 6.45) is 3.52. The van der Waals surface area contributed by atoms with Crippen LogP contribution in [0.25, 0.3) is 0 Å². The molecule has 1 aliphatic rings. The third-order valence-corrected chi connectivity index (χ3v) is 3.13. The molecule has 1 aliphatic heterocycles. The second kappa shape index (κ2) is 4.56. The van der Waals surface area contributed by atoms with Crippen LogP contribution in [0.2, 0.25) is 0 Å². The quantitative estimate of drug-likeness (QED) is 0.574. The van der Waals surface area contributed by atoms with E-state index in [9.17, 15) is 9.36 Å². The van der Waals surface area contributed by atoms with Crippen LogP contribution in [0.1, 0.15) is 23.0 Å². The molecule has 2 rings (SSSR count). The lowest BCUT2D eigenvalue weighted by Gasteiger charge is -2.23. The molecule has 0 aliphatic carbocycles. The minimum absolute atomic E-state index is 0.119. The molecule has 1 atom stereocenters. The highest BCUT2D eigenvalue weighted by atomic mass is 31.2. The van der Waals surface area contributed by atoms with Crippen molar-refractivity contribution in [3.63, 3.8) is 0 Å². The molecule has 0 saturated heterocycles. The van der Waals surface area contributed by atoms with E-state index in [0.29, 0.717) is 18.9 Å². The lowest BCUT2D eigenvalue weighted by Crippen LogP contribution is -2.21. The molecule has 9 heteroatoms. The Morgan fingerprint density at radius 1 is 1.67 bits per heavy atom. The molecular formula is C9H13N4O4P. The Morgan fingerprint density at radius 2 is 2.39 bits per heavy atom. The molecule has 1 unspecified atom stereocenters. The molecule has 2 heterocycles. The van der Waals surface area contributed by atoms with Gasteiger partial charge in [-0.05, 0) is 6.42 Å². The number of hydrogen-bond acceptors (Lipinski definition) is 4. The average Bonchev–Trinajstić information content (AvgIpc) is 2.69. The van der Waals surface area contributed by atoms with Crippen LogP contribution in [-0.2, 0) is 4.57 Å². The van der Waals surface area contributed by atoms with E-state index in [2.05, 4.69) is 10.3 Å². The molecule has 0 saturated carbocycles. The van der Waals surface area contributed by atoms with E-state index in [1.165, 1.54) is 12.3 Å². The van der Waals surface area contributed by atoms with Gasteiger partial charge in [0.05, 0.1) is 6.04 Å². The largest absolute Gasteiger partial charge is 0.364 e. The van der Waals surface area contributed by atoms with Crippen LogP contribution >= 0.6 is 7.60 Å². The average molecular weight is 272 g/mol. The second-order valence-corrected chi connectivity index (χ2v) is 5.41. The van der Waals surface area contributed by atoms with Crippen molar-refractivity contribution in [3.8, 4) is 0 Å². The zero-order valence-electron chi connectivity index (χ0n) is 9.35. The Bertz CT molecular complexity index is 547. The number of nitrogens with two attached hydrogens (primary N) is 1. The van der Waals surface area contributed by atoms with E-state index in [1.807, 2.05) is 0 Å². The number of imidazole rings is 1. The molecule has 98 valence electrons. The van der Waals surface area contributed by atoms with Crippen LogP contribution in [-0.4, -0.2) is 31.8 Å². The van der Waals surface area contributed by atoms with Gasteiger partial charge in [-0.2, -0.15) is 0 Å². The van der Waals surface area contributed by atoms with Gasteiger partial charge in [0.15, 0.2) is 0 Å². The summed E-state index contributed by atoms with van der Waals surface area (Å²) in [5.74, 6) is 0.684. The van der Waals surface area contributed by atoms with Crippen LogP contribution in [0, 0.1) is 0 Å². The summed E-state index contributed by atoms with van der Waals surface area (Å²) in [7, 11) is -4.18. The van der Waals surface area contributed by atoms with Crippen molar-refractivity contribution in [1.29, 1.82) is 0 Å². The molecule has 5 N–H and O–H groups in total. The maximum Gasteiger partial charge on any atom is 0.348 e. The highest BCUT2D eigenvalue weighted by Crippen LogP contribution is 2.38. The minimum atomic E-state index is -4.18. The van der Waals surface area contributed by atoms with Crippen LogP contribution in [0.15, 0.2) is 18.1 Å². The van der Waals surface area contributed by atoms with E-state index in [-0.39, 0.29) is 11.7 Å². The molecule has 18 heavy (non-hydrogen) atoms. The first-order valence-electron chi connectivity index (χ1n) is 5.24. The molecule has 0 fully saturated rings. The third kappa shape index (κ3) is 2.79. The summed E-state index contributed by atoms with van der Waals surface area (Å²) in [4.78, 5) is 32.6. The number of nitrogens with one attached hydrogen (secondary N) is 1. The third-order valence-electron chi connectivity index (χ3n) is 2.57. The number of fused-ring (bicyclic) bond motifs is 1. The molecule has 0 bridgehead atoms. The summed E-state index contributed by atoms with van der Waals surface area (Å²) in [6.45, 7) is 0.603. The summed E-state index contributed by atoms with van der Waals surface area (Å²) in [6, 6.07) is -0.255. The van der Waals surface area contributed by atoms with Crippen LogP contribution in [0.4, 0.5) is 5.95 Å². The maximum absolute atomic E-state index is 11.0. The van der Waals surface area contributed by atoms with Gasteiger partial charge in [-0.3, -0.25) is 9.36 Å². The van der Waals surface area contributed by atoms with Crippen molar-refractivity contribution in [2.75, 3.05) is 11.9 Å². The van der Waals surface area contributed by atoms with E-state index in [0.717, 1.165) is 5.82 Å². The fourth-order valence-corrected chi connectivity index (χ4v) is 2.19. The summed E-state index contributed by atoms with van der Waals surface area (Å²) in [5.41, 5.74) is 5.25. The summed E-state index contributed by atoms with van der Waals surface area (Å²) >= 11 is 0. The molecule has 0 aromatic carbocycles. The number of nitrogens with zero attached hydrogens (tertiary/aromatic N) is 2. The number of aromatic nitrogens is 2. The Kier molecular flexibility index (Phi) is 3.25. The molecule has 8 nitrogen and oxygen atoms in total. The first kappa shape index (κ1) is 12.8. The normalized spacial score (nSPS) is 19.6. The predicted molar refractivity (Wildman–Crippen MR) is 64.1 cm³/mol. The predicted octanol–water partition coefficient (Wildman–Crippen LogP) is 0.0301. The zero-order chi connectivity index (χ0) is 13.3. The number of allylic oxidation sites excluding steroid dienone is 1. The lowest BCUT2D eigenvalue weighted by atomic mass is 10.2. The first-order chi connectivity index (χ1) is 8.37. The van der Waals surface area contributed by atoms with Gasteiger partial charge in [0.25, 0.3) is 5.91 Å². The monoisotopic (exact) mass is 272 g/mol. The Hall–Kier alpha value is -1.63. The van der Waals surface area contributed by atoms with Gasteiger partial charge in [0.1, 0.15) is 5.69 Å². The summed E-state index contributed by atoms with van der Waals surface area (Å²) in [5, 5.41) is 2.98. The minimum Gasteiger partial charge on any atom is -0.364 e. The van der Waals surface area contributed by atoms with E-state index >= 15 is 0 Å². The van der Waals surface area contributed by atoms with Crippen molar-refractivity contribution in [1.82, 2.24) is 9.55 Å². The van der Waals surface area contributed by atoms with E-state index in [1.54, 1.807) is 4.57 Å². The van der Waals surface area contributed by atoms with Crippen LogP contribution in [0.3, 0.4) is 0 Å². The molecule has 1 amide bonds. The van der Waals surface area contributed by atoms with Crippen molar-refractivity contribution in [3.05, 3.63) is 23.8 Å². The van der Waals surface area contributed by atoms with Crippen molar-refractivity contribution in [2.24, 2.45) is 5.73 Å². The standard InChI is InChI=1S/C9H13N4O4P/c10-8(14)7-5-13-6(2-4-18(15,16)17)1-3-11-9(13)12-7/h2,4-6H,1,3H2,(H2,10,14)(H,11,12)(H2,15,16,17). The van der Waals surface area contributed by atoms with Gasteiger partial charge in [0, 0.05) is 18.6 Å². The molecule has 1 aromatic heterocycles. The van der Waals surface area contributed by atoms with Gasteiger partial charge in [-0.25, -0.2) is 4.98 Å². The van der Waals surface area contributed by atoms with Crippen molar-refractivity contribution in [2.45, 2.75) is 12.5 Å². The Balaban J connectivity index is 2.30. The number of hydrogen-bond donors (Lipinski definition) is 4. The smallest absolute Gasteiger partial charge is 0.348 e. The molecule has 0 spiro atoms.